The smallest absolute Gasteiger partial charge is 0.331 e. The van der Waals surface area contributed by atoms with Gasteiger partial charge in [-0.1, -0.05) is 6.92 Å². The van der Waals surface area contributed by atoms with Crippen molar-refractivity contribution in [2.75, 3.05) is 19.5 Å². The highest BCUT2D eigenvalue weighted by Gasteiger charge is 2.71. The molecule has 0 unspecified atom stereocenters. The van der Waals surface area contributed by atoms with Gasteiger partial charge >= 0.3 is 11.9 Å². The predicted octanol–water partition coefficient (Wildman–Crippen LogP) is 2.25. The van der Waals surface area contributed by atoms with Crippen molar-refractivity contribution in [2.24, 2.45) is 28.6 Å². The zero-order chi connectivity index (χ0) is 26.1. The Kier molecular flexibility index (Phi) is 6.18. The highest BCUT2D eigenvalue weighted by atomic mass is 32.2. The standard InChI is InChI=1S/C26H38O9S/c1-16(27)35-18-4-9-24(15-34-36(3,31)32)20-5-8-23(2)19(17-12-22(28)33-14-17)7-11-26(23,30)21(20)6-10-25(24,29)13-18/h12,18-21,29-30H,4-11,13-15H2,1-3H3/t18-,19+,20-,21+,23-,24+,25-,26+/m1/s1. The van der Waals surface area contributed by atoms with Crippen LogP contribution in [0.15, 0.2) is 11.6 Å². The van der Waals surface area contributed by atoms with E-state index in [1.807, 2.05) is 0 Å². The number of hydrogen-bond donors (Lipinski definition) is 2. The van der Waals surface area contributed by atoms with Crippen molar-refractivity contribution in [1.29, 1.82) is 0 Å². The minimum Gasteiger partial charge on any atom is -0.462 e. The van der Waals surface area contributed by atoms with Gasteiger partial charge in [-0.05, 0) is 74.7 Å². The molecule has 0 aromatic heterocycles. The van der Waals surface area contributed by atoms with Crippen molar-refractivity contribution in [3.05, 3.63) is 11.6 Å². The van der Waals surface area contributed by atoms with E-state index in [0.717, 1.165) is 18.2 Å². The van der Waals surface area contributed by atoms with Gasteiger partial charge in [-0.3, -0.25) is 8.98 Å². The van der Waals surface area contributed by atoms with Crippen molar-refractivity contribution in [1.82, 2.24) is 0 Å². The molecule has 1 aliphatic heterocycles. The number of carbonyl (C=O) groups excluding carboxylic acids is 2. The second-order valence-electron chi connectivity index (χ2n) is 12.2. The van der Waals surface area contributed by atoms with Gasteiger partial charge in [0.2, 0.25) is 0 Å². The van der Waals surface area contributed by atoms with Gasteiger partial charge in [0.15, 0.2) is 0 Å². The normalized spacial score (nSPS) is 46.2. The molecular formula is C26H38O9S. The Hall–Kier alpha value is -1.49. The fraction of sp³-hybridized carbons (Fsp3) is 0.846. The van der Waals surface area contributed by atoms with Crippen molar-refractivity contribution >= 4 is 22.1 Å². The Balaban J connectivity index is 1.50. The lowest BCUT2D eigenvalue weighted by Gasteiger charge is -2.66. The summed E-state index contributed by atoms with van der Waals surface area (Å²) in [6.45, 7) is 3.58. The van der Waals surface area contributed by atoms with Crippen molar-refractivity contribution in [3.8, 4) is 0 Å². The molecular weight excluding hydrogens is 488 g/mol. The van der Waals surface area contributed by atoms with Crippen LogP contribution in [0.4, 0.5) is 0 Å². The van der Waals surface area contributed by atoms with Crippen LogP contribution in [0.25, 0.3) is 0 Å². The van der Waals surface area contributed by atoms with Crippen LogP contribution in [0.2, 0.25) is 0 Å². The average Bonchev–Trinajstić information content (AvgIpc) is 3.31. The highest BCUT2D eigenvalue weighted by Crippen LogP contribution is 2.70. The summed E-state index contributed by atoms with van der Waals surface area (Å²) in [6.07, 6.45) is 7.01. The Morgan fingerprint density at radius 3 is 2.47 bits per heavy atom. The maximum atomic E-state index is 12.4. The molecule has 10 heteroatoms. The Morgan fingerprint density at radius 1 is 1.11 bits per heavy atom. The summed E-state index contributed by atoms with van der Waals surface area (Å²) in [6, 6.07) is 0. The van der Waals surface area contributed by atoms with Gasteiger partial charge in [-0.2, -0.15) is 8.42 Å². The van der Waals surface area contributed by atoms with Crippen molar-refractivity contribution in [2.45, 2.75) is 88.9 Å². The molecule has 0 radical (unpaired) electrons. The molecule has 0 amide bonds. The molecule has 4 aliphatic carbocycles. The minimum absolute atomic E-state index is 0.0404. The topological polar surface area (TPSA) is 136 Å². The quantitative estimate of drug-likeness (QED) is 0.408. The fourth-order valence-electron chi connectivity index (χ4n) is 9.02. The van der Waals surface area contributed by atoms with Gasteiger partial charge < -0.3 is 19.7 Å². The SMILES string of the molecule is CC(=O)O[C@@H]1CC[C@]2(COS(C)(=O)=O)[C@@H]3CC[C@]4(C)[C@H](C5=CC(=O)OC5)CC[C@]4(O)[C@H]3CC[C@@]2(O)C1. The second-order valence-corrected chi connectivity index (χ2v) is 13.8. The summed E-state index contributed by atoms with van der Waals surface area (Å²) in [5.41, 5.74) is -2.67. The Labute approximate surface area is 212 Å². The third kappa shape index (κ3) is 3.85. The van der Waals surface area contributed by atoms with Gasteiger partial charge in [-0.25, -0.2) is 4.79 Å². The largest absolute Gasteiger partial charge is 0.462 e. The molecule has 5 rings (SSSR count). The molecule has 0 spiro atoms. The van der Waals surface area contributed by atoms with E-state index in [-0.39, 0.29) is 43.4 Å². The van der Waals surface area contributed by atoms with E-state index in [1.54, 1.807) is 6.08 Å². The monoisotopic (exact) mass is 526 g/mol. The zero-order valence-corrected chi connectivity index (χ0v) is 22.1. The number of esters is 2. The highest BCUT2D eigenvalue weighted by molar-refractivity contribution is 7.85. The lowest BCUT2D eigenvalue weighted by molar-refractivity contribution is -0.268. The molecule has 2 N–H and O–H groups in total. The summed E-state index contributed by atoms with van der Waals surface area (Å²) in [5.74, 6) is -0.988. The molecule has 0 aromatic rings. The van der Waals surface area contributed by atoms with E-state index < -0.39 is 44.2 Å². The fourth-order valence-corrected chi connectivity index (χ4v) is 9.44. The zero-order valence-electron chi connectivity index (χ0n) is 21.3. The lowest BCUT2D eigenvalue weighted by atomic mass is 9.41. The third-order valence-corrected chi connectivity index (χ3v) is 11.2. The first-order valence-corrected chi connectivity index (χ1v) is 14.9. The van der Waals surface area contributed by atoms with Crippen LogP contribution in [0.3, 0.4) is 0 Å². The summed E-state index contributed by atoms with van der Waals surface area (Å²) in [7, 11) is -3.76. The second kappa shape index (κ2) is 8.51. The van der Waals surface area contributed by atoms with E-state index in [0.29, 0.717) is 44.9 Å². The summed E-state index contributed by atoms with van der Waals surface area (Å²) in [5, 5.41) is 24.5. The van der Waals surface area contributed by atoms with E-state index in [4.69, 9.17) is 13.7 Å². The van der Waals surface area contributed by atoms with E-state index >= 15 is 0 Å². The number of aliphatic hydroxyl groups is 2. The lowest BCUT2D eigenvalue weighted by Crippen LogP contribution is -2.69. The molecule has 9 nitrogen and oxygen atoms in total. The van der Waals surface area contributed by atoms with E-state index in [1.165, 1.54) is 6.92 Å². The van der Waals surface area contributed by atoms with Crippen LogP contribution in [0, 0.1) is 28.6 Å². The molecule has 0 bridgehead atoms. The predicted molar refractivity (Wildman–Crippen MR) is 128 cm³/mol. The molecule has 8 atom stereocenters. The number of rotatable bonds is 5. The number of carbonyl (C=O) groups is 2. The maximum absolute atomic E-state index is 12.4. The average molecular weight is 527 g/mol. The van der Waals surface area contributed by atoms with Crippen molar-refractivity contribution < 1.29 is 41.9 Å². The van der Waals surface area contributed by atoms with Crippen LogP contribution in [-0.4, -0.2) is 67.3 Å². The molecule has 0 aromatic carbocycles. The van der Waals surface area contributed by atoms with Gasteiger partial charge in [0.1, 0.15) is 12.7 Å². The molecule has 36 heavy (non-hydrogen) atoms. The number of fused-ring (bicyclic) bond motifs is 5. The first-order valence-electron chi connectivity index (χ1n) is 13.1. The molecule has 1 heterocycles. The molecule has 0 saturated heterocycles. The van der Waals surface area contributed by atoms with Crippen LogP contribution in [0.1, 0.15) is 71.6 Å². The first kappa shape index (κ1) is 26.1. The van der Waals surface area contributed by atoms with Gasteiger partial charge in [-0.15, -0.1) is 0 Å². The van der Waals surface area contributed by atoms with Crippen LogP contribution in [-0.2, 0) is 33.4 Å². The molecule has 202 valence electrons. The third-order valence-electron chi connectivity index (χ3n) is 10.6. The van der Waals surface area contributed by atoms with Crippen LogP contribution < -0.4 is 0 Å². The molecule has 4 fully saturated rings. The Morgan fingerprint density at radius 2 is 1.83 bits per heavy atom. The Bertz CT molecular complexity index is 1080. The van der Waals surface area contributed by atoms with Gasteiger partial charge in [0, 0.05) is 30.3 Å². The van der Waals surface area contributed by atoms with Crippen LogP contribution >= 0.6 is 0 Å². The number of ether oxygens (including phenoxy) is 2. The summed E-state index contributed by atoms with van der Waals surface area (Å²) in [4.78, 5) is 23.4. The summed E-state index contributed by atoms with van der Waals surface area (Å²) < 4.78 is 40.2. The first-order chi connectivity index (χ1) is 16.7. The van der Waals surface area contributed by atoms with E-state index in [9.17, 15) is 28.2 Å². The van der Waals surface area contributed by atoms with Crippen molar-refractivity contribution in [3.63, 3.8) is 0 Å². The number of hydrogen-bond acceptors (Lipinski definition) is 9. The van der Waals surface area contributed by atoms with E-state index in [2.05, 4.69) is 6.92 Å². The minimum atomic E-state index is -3.76. The van der Waals surface area contributed by atoms with Gasteiger partial charge in [0.05, 0.1) is 24.1 Å². The van der Waals surface area contributed by atoms with Gasteiger partial charge in [0.25, 0.3) is 10.1 Å². The maximum Gasteiger partial charge on any atom is 0.331 e. The van der Waals surface area contributed by atoms with Crippen LogP contribution in [0.5, 0.6) is 0 Å². The molecule has 5 aliphatic rings. The molecule has 4 saturated carbocycles. The summed E-state index contributed by atoms with van der Waals surface area (Å²) >= 11 is 0. The number of cyclic esters (lactones) is 1.